The molecule has 0 spiro atoms. The molecular weight excluding hydrogens is 148 g/mol. The molecule has 0 bridgehead atoms. The predicted molar refractivity (Wildman–Crippen MR) is 49.7 cm³/mol. The van der Waals surface area contributed by atoms with Crippen LogP contribution in [0.1, 0.15) is 45.4 Å². The molecular formula is C10H18N2. The van der Waals surface area contributed by atoms with Gasteiger partial charge in [0.25, 0.3) is 0 Å². The summed E-state index contributed by atoms with van der Waals surface area (Å²) in [4.78, 5) is 0. The first-order valence-corrected chi connectivity index (χ1v) is 4.89. The number of nitrogens with one attached hydrogen (secondary N) is 1. The fraction of sp³-hybridized carbons (Fsp3) is 0.900. The van der Waals surface area contributed by atoms with Crippen LogP contribution in [0.2, 0.25) is 0 Å². The van der Waals surface area contributed by atoms with Crippen molar-refractivity contribution >= 4 is 0 Å². The first-order valence-electron chi connectivity index (χ1n) is 4.89. The second-order valence-corrected chi connectivity index (χ2v) is 3.96. The summed E-state index contributed by atoms with van der Waals surface area (Å²) in [5, 5.41) is 11.9. The number of rotatable bonds is 4. The minimum absolute atomic E-state index is 0.384. The number of nitrogens with zero attached hydrogens (tertiary/aromatic N) is 1. The van der Waals surface area contributed by atoms with Crippen molar-refractivity contribution in [2.75, 3.05) is 6.54 Å². The highest BCUT2D eigenvalue weighted by Gasteiger charge is 2.26. The van der Waals surface area contributed by atoms with Crippen molar-refractivity contribution in [1.82, 2.24) is 5.32 Å². The lowest BCUT2D eigenvalue weighted by atomic mass is 10.0. The lowest BCUT2D eigenvalue weighted by Gasteiger charge is -2.25. The lowest BCUT2D eigenvalue weighted by molar-refractivity contribution is 0.364. The molecule has 2 heteroatoms. The highest BCUT2D eigenvalue weighted by Crippen LogP contribution is 2.28. The smallest absolute Gasteiger partial charge is 0.0622 e. The minimum Gasteiger partial charge on any atom is -0.311 e. The zero-order valence-electron chi connectivity index (χ0n) is 7.90. The fourth-order valence-electron chi connectivity index (χ4n) is 1.89. The van der Waals surface area contributed by atoms with E-state index in [2.05, 4.69) is 18.3 Å². The van der Waals surface area contributed by atoms with Crippen LogP contribution in [0.3, 0.4) is 0 Å². The fourth-order valence-corrected chi connectivity index (χ4v) is 1.89. The molecule has 1 fully saturated rings. The van der Waals surface area contributed by atoms with Gasteiger partial charge in [0.05, 0.1) is 6.07 Å². The summed E-state index contributed by atoms with van der Waals surface area (Å²) in [6, 6.07) is 2.17. The van der Waals surface area contributed by atoms with E-state index in [0.717, 1.165) is 13.0 Å². The van der Waals surface area contributed by atoms with Gasteiger partial charge in [0, 0.05) is 12.0 Å². The molecule has 0 aromatic heterocycles. The van der Waals surface area contributed by atoms with E-state index >= 15 is 0 Å². The summed E-state index contributed by atoms with van der Waals surface area (Å²) in [7, 11) is 0. The maximum absolute atomic E-state index is 8.34. The number of hydrogen-bond donors (Lipinski definition) is 1. The molecule has 0 atom stereocenters. The van der Waals surface area contributed by atoms with Crippen molar-refractivity contribution in [3.05, 3.63) is 0 Å². The third kappa shape index (κ3) is 2.83. The minimum atomic E-state index is 0.384. The monoisotopic (exact) mass is 166 g/mol. The van der Waals surface area contributed by atoms with Crippen LogP contribution in [0.5, 0.6) is 0 Å². The first kappa shape index (κ1) is 9.54. The Morgan fingerprint density at radius 1 is 1.42 bits per heavy atom. The Balaban J connectivity index is 2.09. The van der Waals surface area contributed by atoms with Gasteiger partial charge in [0.2, 0.25) is 0 Å². The molecule has 0 aromatic rings. The Labute approximate surface area is 75.0 Å². The number of hydrogen-bond acceptors (Lipinski definition) is 2. The van der Waals surface area contributed by atoms with Crippen LogP contribution in [-0.2, 0) is 0 Å². The highest BCUT2D eigenvalue weighted by molar-refractivity contribution is 4.88. The molecule has 1 aliphatic carbocycles. The quantitative estimate of drug-likeness (QED) is 0.650. The van der Waals surface area contributed by atoms with E-state index in [1.165, 1.54) is 25.7 Å². The van der Waals surface area contributed by atoms with Crippen molar-refractivity contribution in [3.63, 3.8) is 0 Å². The Bertz CT molecular complexity index is 163. The van der Waals surface area contributed by atoms with Gasteiger partial charge in [0.1, 0.15) is 0 Å². The molecule has 0 aliphatic heterocycles. The standard InChI is InChI=1S/C10H18N2/c1-10(6-2-3-7-10)12-9-5-4-8-11/h12H,2-7,9H2,1H3. The maximum Gasteiger partial charge on any atom is 0.0622 e. The van der Waals surface area contributed by atoms with E-state index < -0.39 is 0 Å². The van der Waals surface area contributed by atoms with Crippen molar-refractivity contribution in [3.8, 4) is 6.07 Å². The maximum atomic E-state index is 8.34. The van der Waals surface area contributed by atoms with Crippen LogP contribution in [0, 0.1) is 11.3 Å². The second-order valence-electron chi connectivity index (χ2n) is 3.96. The largest absolute Gasteiger partial charge is 0.311 e. The molecule has 1 aliphatic rings. The second kappa shape index (κ2) is 4.47. The van der Waals surface area contributed by atoms with E-state index in [1.807, 2.05) is 0 Å². The molecule has 0 aromatic carbocycles. The molecule has 0 amide bonds. The van der Waals surface area contributed by atoms with E-state index in [-0.39, 0.29) is 0 Å². The van der Waals surface area contributed by atoms with Gasteiger partial charge in [-0.3, -0.25) is 0 Å². The van der Waals surface area contributed by atoms with Crippen LogP contribution in [0.25, 0.3) is 0 Å². The van der Waals surface area contributed by atoms with Crippen molar-refractivity contribution < 1.29 is 0 Å². The third-order valence-electron chi connectivity index (χ3n) is 2.72. The average Bonchev–Trinajstić information content (AvgIpc) is 2.47. The average molecular weight is 166 g/mol. The van der Waals surface area contributed by atoms with Gasteiger partial charge in [-0.25, -0.2) is 0 Å². The summed E-state index contributed by atoms with van der Waals surface area (Å²) in [5.41, 5.74) is 0.384. The van der Waals surface area contributed by atoms with Gasteiger partial charge in [-0.15, -0.1) is 0 Å². The number of unbranched alkanes of at least 4 members (excludes halogenated alkanes) is 1. The van der Waals surface area contributed by atoms with Crippen LogP contribution in [0.15, 0.2) is 0 Å². The van der Waals surface area contributed by atoms with Gasteiger partial charge >= 0.3 is 0 Å². The van der Waals surface area contributed by atoms with Crippen LogP contribution >= 0.6 is 0 Å². The summed E-state index contributed by atoms with van der Waals surface area (Å²) in [6.07, 6.45) is 7.01. The Morgan fingerprint density at radius 2 is 2.08 bits per heavy atom. The zero-order valence-corrected chi connectivity index (χ0v) is 7.90. The van der Waals surface area contributed by atoms with Gasteiger partial charge in [-0.05, 0) is 32.7 Å². The Morgan fingerprint density at radius 3 is 2.67 bits per heavy atom. The Hall–Kier alpha value is -0.550. The van der Waals surface area contributed by atoms with E-state index in [4.69, 9.17) is 5.26 Å². The highest BCUT2D eigenvalue weighted by atomic mass is 15.0. The Kier molecular flexibility index (Phi) is 3.55. The molecule has 12 heavy (non-hydrogen) atoms. The lowest BCUT2D eigenvalue weighted by Crippen LogP contribution is -2.39. The van der Waals surface area contributed by atoms with Crippen LogP contribution in [0.4, 0.5) is 0 Å². The molecule has 1 rings (SSSR count). The molecule has 0 unspecified atom stereocenters. The summed E-state index contributed by atoms with van der Waals surface area (Å²) in [5.74, 6) is 0. The van der Waals surface area contributed by atoms with Crippen LogP contribution in [-0.4, -0.2) is 12.1 Å². The van der Waals surface area contributed by atoms with Gasteiger partial charge in [0.15, 0.2) is 0 Å². The third-order valence-corrected chi connectivity index (χ3v) is 2.72. The molecule has 0 saturated heterocycles. The zero-order chi connectivity index (χ0) is 8.86. The van der Waals surface area contributed by atoms with E-state index in [9.17, 15) is 0 Å². The SMILES string of the molecule is CC1(NCCCC#N)CCCC1. The van der Waals surface area contributed by atoms with E-state index in [1.54, 1.807) is 0 Å². The van der Waals surface area contributed by atoms with Crippen LogP contribution < -0.4 is 5.32 Å². The van der Waals surface area contributed by atoms with Gasteiger partial charge < -0.3 is 5.32 Å². The van der Waals surface area contributed by atoms with E-state index in [0.29, 0.717) is 12.0 Å². The van der Waals surface area contributed by atoms with Crippen molar-refractivity contribution in [2.45, 2.75) is 51.0 Å². The summed E-state index contributed by atoms with van der Waals surface area (Å²) >= 11 is 0. The molecule has 1 N–H and O–H groups in total. The normalized spacial score (nSPS) is 20.7. The molecule has 0 heterocycles. The predicted octanol–water partition coefficient (Wildman–Crippen LogP) is 2.21. The molecule has 68 valence electrons. The summed E-state index contributed by atoms with van der Waals surface area (Å²) in [6.45, 7) is 3.30. The van der Waals surface area contributed by atoms with Crippen molar-refractivity contribution in [2.24, 2.45) is 0 Å². The number of nitriles is 1. The first-order chi connectivity index (χ1) is 5.77. The van der Waals surface area contributed by atoms with Crippen molar-refractivity contribution in [1.29, 1.82) is 5.26 Å². The molecule has 0 radical (unpaired) electrons. The topological polar surface area (TPSA) is 35.8 Å². The summed E-state index contributed by atoms with van der Waals surface area (Å²) < 4.78 is 0. The van der Waals surface area contributed by atoms with Gasteiger partial charge in [-0.1, -0.05) is 12.8 Å². The van der Waals surface area contributed by atoms with Gasteiger partial charge in [-0.2, -0.15) is 5.26 Å². The molecule has 2 nitrogen and oxygen atoms in total. The molecule has 1 saturated carbocycles.